The third-order valence-electron chi connectivity index (χ3n) is 6.02. The molecule has 0 atom stereocenters. The van der Waals surface area contributed by atoms with Crippen molar-refractivity contribution in [2.24, 2.45) is 5.92 Å². The van der Waals surface area contributed by atoms with E-state index in [1.807, 2.05) is 24.3 Å². The molecule has 1 aliphatic rings. The number of nitrogens with one attached hydrogen (secondary N) is 1. The van der Waals surface area contributed by atoms with E-state index in [0.717, 1.165) is 17.9 Å². The molecular formula is C24H21Cl4N5. The van der Waals surface area contributed by atoms with Gasteiger partial charge in [0.15, 0.2) is 5.65 Å². The van der Waals surface area contributed by atoms with Crippen LogP contribution in [0.25, 0.3) is 22.6 Å². The van der Waals surface area contributed by atoms with Gasteiger partial charge in [-0.25, -0.2) is 9.97 Å². The molecule has 170 valence electrons. The molecule has 0 unspecified atom stereocenters. The van der Waals surface area contributed by atoms with Gasteiger partial charge in [0.1, 0.15) is 11.3 Å². The second-order valence-electron chi connectivity index (χ2n) is 8.30. The number of anilines is 2. The van der Waals surface area contributed by atoms with Crippen LogP contribution in [0.5, 0.6) is 0 Å². The zero-order chi connectivity index (χ0) is 22.9. The number of hydrogen-bond donors (Lipinski definition) is 1. The highest BCUT2D eigenvalue weighted by molar-refractivity contribution is 6.42. The number of aromatic nitrogens is 4. The van der Waals surface area contributed by atoms with E-state index in [-0.39, 0.29) is 0 Å². The highest BCUT2D eigenvalue weighted by Crippen LogP contribution is 2.37. The van der Waals surface area contributed by atoms with Crippen molar-refractivity contribution >= 4 is 69.2 Å². The normalized spacial score (nSPS) is 14.7. The summed E-state index contributed by atoms with van der Waals surface area (Å²) in [6.07, 6.45) is 7.89. The standard InChI is InChI=1S/C24H21Cl4N5/c25-16-10-9-15(11-19(16)28)30-24-29-12-20-22(32-24)33(13-14-5-2-1-3-6-14)23(31-20)21-17(26)7-4-8-18(21)27/h4,7-12,14H,1-3,5-6,13H2,(H,29,30,32). The summed E-state index contributed by atoms with van der Waals surface area (Å²) in [6.45, 7) is 0.802. The Kier molecular flexibility index (Phi) is 6.66. The highest BCUT2D eigenvalue weighted by Gasteiger charge is 2.23. The summed E-state index contributed by atoms with van der Waals surface area (Å²) in [5.41, 5.74) is 2.89. The van der Waals surface area contributed by atoms with E-state index in [4.69, 9.17) is 56.4 Å². The van der Waals surface area contributed by atoms with Gasteiger partial charge in [-0.05, 0) is 49.1 Å². The van der Waals surface area contributed by atoms with E-state index in [1.54, 1.807) is 18.3 Å². The molecule has 0 bridgehead atoms. The Morgan fingerprint density at radius 3 is 2.36 bits per heavy atom. The van der Waals surface area contributed by atoms with Crippen LogP contribution in [0.3, 0.4) is 0 Å². The van der Waals surface area contributed by atoms with E-state index in [9.17, 15) is 0 Å². The molecule has 0 spiro atoms. The van der Waals surface area contributed by atoms with Crippen molar-refractivity contribution in [2.45, 2.75) is 38.6 Å². The summed E-state index contributed by atoms with van der Waals surface area (Å²) in [5.74, 6) is 1.72. The van der Waals surface area contributed by atoms with Crippen molar-refractivity contribution in [3.8, 4) is 11.4 Å². The van der Waals surface area contributed by atoms with Crippen LogP contribution in [0.4, 0.5) is 11.6 Å². The van der Waals surface area contributed by atoms with Crippen LogP contribution < -0.4 is 5.32 Å². The molecule has 5 rings (SSSR count). The van der Waals surface area contributed by atoms with Gasteiger partial charge in [0.05, 0.1) is 31.9 Å². The first-order valence-corrected chi connectivity index (χ1v) is 12.4. The maximum absolute atomic E-state index is 6.56. The number of halogens is 4. The highest BCUT2D eigenvalue weighted by atomic mass is 35.5. The molecule has 33 heavy (non-hydrogen) atoms. The minimum atomic E-state index is 0.447. The van der Waals surface area contributed by atoms with E-state index in [0.29, 0.717) is 48.9 Å². The fraction of sp³-hybridized carbons (Fsp3) is 0.292. The van der Waals surface area contributed by atoms with Gasteiger partial charge < -0.3 is 9.88 Å². The lowest BCUT2D eigenvalue weighted by atomic mass is 9.89. The topological polar surface area (TPSA) is 55.6 Å². The van der Waals surface area contributed by atoms with Crippen LogP contribution in [0.15, 0.2) is 42.6 Å². The smallest absolute Gasteiger partial charge is 0.229 e. The average molecular weight is 521 g/mol. The summed E-state index contributed by atoms with van der Waals surface area (Å²) in [7, 11) is 0. The zero-order valence-corrected chi connectivity index (χ0v) is 20.7. The van der Waals surface area contributed by atoms with Crippen molar-refractivity contribution in [3.05, 3.63) is 62.7 Å². The molecule has 0 saturated heterocycles. The quantitative estimate of drug-likeness (QED) is 0.287. The van der Waals surface area contributed by atoms with E-state index >= 15 is 0 Å². The van der Waals surface area contributed by atoms with E-state index < -0.39 is 0 Å². The molecule has 5 nitrogen and oxygen atoms in total. The zero-order valence-electron chi connectivity index (χ0n) is 17.7. The molecule has 0 radical (unpaired) electrons. The third-order valence-corrected chi connectivity index (χ3v) is 7.38. The molecule has 1 fully saturated rings. The Balaban J connectivity index is 1.60. The van der Waals surface area contributed by atoms with E-state index in [1.165, 1.54) is 32.1 Å². The lowest BCUT2D eigenvalue weighted by molar-refractivity contribution is 0.323. The predicted molar refractivity (Wildman–Crippen MR) is 137 cm³/mol. The van der Waals surface area contributed by atoms with Gasteiger partial charge in [-0.2, -0.15) is 4.98 Å². The van der Waals surface area contributed by atoms with Gasteiger partial charge in [0, 0.05) is 12.2 Å². The lowest BCUT2D eigenvalue weighted by Gasteiger charge is -2.23. The van der Waals surface area contributed by atoms with Crippen LogP contribution in [0, 0.1) is 5.92 Å². The SMILES string of the molecule is Clc1ccc(Nc2ncc3nc(-c4c(Cl)cccc4Cl)n(CC4CCCCC4)c3n2)cc1Cl. The van der Waals surface area contributed by atoms with Gasteiger partial charge in [-0.1, -0.05) is 71.7 Å². The lowest BCUT2D eigenvalue weighted by Crippen LogP contribution is -2.15. The molecule has 1 N–H and O–H groups in total. The molecule has 0 aliphatic heterocycles. The van der Waals surface area contributed by atoms with Gasteiger partial charge in [-0.15, -0.1) is 0 Å². The van der Waals surface area contributed by atoms with Crippen molar-refractivity contribution in [3.63, 3.8) is 0 Å². The maximum Gasteiger partial charge on any atom is 0.229 e. The summed E-state index contributed by atoms with van der Waals surface area (Å²) >= 11 is 25.3. The molecule has 0 amide bonds. The van der Waals surface area contributed by atoms with Gasteiger partial charge >= 0.3 is 0 Å². The van der Waals surface area contributed by atoms with Gasteiger partial charge in [0.2, 0.25) is 5.95 Å². The molecule has 4 aromatic rings. The first-order valence-electron chi connectivity index (χ1n) is 10.9. The second-order valence-corrected chi connectivity index (χ2v) is 9.93. The molecule has 9 heteroatoms. The van der Waals surface area contributed by atoms with Crippen molar-refractivity contribution < 1.29 is 0 Å². The Bertz CT molecular complexity index is 1290. The number of rotatable bonds is 5. The first kappa shape index (κ1) is 22.7. The number of imidazole rings is 1. The number of benzene rings is 2. The number of fused-ring (bicyclic) bond motifs is 1. The summed E-state index contributed by atoms with van der Waals surface area (Å²) < 4.78 is 2.14. The van der Waals surface area contributed by atoms with E-state index in [2.05, 4.69) is 14.9 Å². The Morgan fingerprint density at radius 2 is 1.64 bits per heavy atom. The first-order chi connectivity index (χ1) is 16.0. The minimum Gasteiger partial charge on any atom is -0.324 e. The summed E-state index contributed by atoms with van der Waals surface area (Å²) in [5, 5.41) is 5.28. The van der Waals surface area contributed by atoms with Crippen LogP contribution in [-0.2, 0) is 6.54 Å². The summed E-state index contributed by atoms with van der Waals surface area (Å²) in [6, 6.07) is 10.8. The fourth-order valence-electron chi connectivity index (χ4n) is 4.39. The molecule has 2 aromatic carbocycles. The molecule has 1 aliphatic carbocycles. The van der Waals surface area contributed by atoms with Crippen molar-refractivity contribution in [1.82, 2.24) is 19.5 Å². The van der Waals surface area contributed by atoms with Crippen molar-refractivity contribution in [1.29, 1.82) is 0 Å². The monoisotopic (exact) mass is 519 g/mol. The minimum absolute atomic E-state index is 0.447. The van der Waals surface area contributed by atoms with Crippen LogP contribution in [-0.4, -0.2) is 19.5 Å². The van der Waals surface area contributed by atoms with Gasteiger partial charge in [0.25, 0.3) is 0 Å². The predicted octanol–water partition coefficient (Wildman–Crippen LogP) is 8.43. The van der Waals surface area contributed by atoms with Crippen LogP contribution in [0.2, 0.25) is 20.1 Å². The van der Waals surface area contributed by atoms with Crippen LogP contribution >= 0.6 is 46.4 Å². The molecule has 1 saturated carbocycles. The Morgan fingerprint density at radius 1 is 0.879 bits per heavy atom. The number of nitrogens with zero attached hydrogens (tertiary/aromatic N) is 4. The van der Waals surface area contributed by atoms with Gasteiger partial charge in [-0.3, -0.25) is 0 Å². The van der Waals surface area contributed by atoms with Crippen molar-refractivity contribution in [2.75, 3.05) is 5.32 Å². The number of hydrogen-bond acceptors (Lipinski definition) is 4. The third kappa shape index (κ3) is 4.78. The maximum atomic E-state index is 6.56. The Labute approximate surface area is 212 Å². The largest absolute Gasteiger partial charge is 0.324 e. The fourth-order valence-corrected chi connectivity index (χ4v) is 5.25. The Hall–Kier alpha value is -2.05. The summed E-state index contributed by atoms with van der Waals surface area (Å²) in [4.78, 5) is 14.1. The van der Waals surface area contributed by atoms with Crippen LogP contribution in [0.1, 0.15) is 32.1 Å². The molecular weight excluding hydrogens is 500 g/mol. The molecule has 2 aromatic heterocycles. The molecule has 2 heterocycles. The second kappa shape index (κ2) is 9.67. The average Bonchev–Trinajstić information content (AvgIpc) is 3.14.